The molecule has 0 radical (unpaired) electrons. The van der Waals surface area contributed by atoms with Crippen molar-refractivity contribution in [2.45, 2.75) is 74.6 Å². The summed E-state index contributed by atoms with van der Waals surface area (Å²) in [5, 5.41) is 0. The van der Waals surface area contributed by atoms with Crippen molar-refractivity contribution in [2.24, 2.45) is 11.8 Å². The lowest BCUT2D eigenvalue weighted by Crippen LogP contribution is -2.25. The summed E-state index contributed by atoms with van der Waals surface area (Å²) in [5.74, 6) is 1.91. The molecule has 4 aliphatic rings. The van der Waals surface area contributed by atoms with Gasteiger partial charge in [-0.3, -0.25) is 0 Å². The van der Waals surface area contributed by atoms with Crippen molar-refractivity contribution >= 4 is 40.1 Å². The summed E-state index contributed by atoms with van der Waals surface area (Å²) in [5.41, 5.74) is 0.141. The molecular formula is C14H23OPS3. The van der Waals surface area contributed by atoms with Gasteiger partial charge in [0.05, 0.1) is 5.60 Å². The van der Waals surface area contributed by atoms with Gasteiger partial charge in [0.15, 0.2) is 4.67 Å². The lowest BCUT2D eigenvalue weighted by molar-refractivity contribution is 0.102. The molecule has 0 aromatic heterocycles. The predicted octanol–water partition coefficient (Wildman–Crippen LogP) is 5.56. The van der Waals surface area contributed by atoms with Crippen LogP contribution in [0, 0.1) is 11.8 Å². The average molecular weight is 335 g/mol. The molecule has 0 saturated heterocycles. The Labute approximate surface area is 131 Å². The van der Waals surface area contributed by atoms with Gasteiger partial charge in [0.1, 0.15) is 0 Å². The van der Waals surface area contributed by atoms with E-state index in [1.54, 1.807) is 0 Å². The molecule has 4 rings (SSSR count). The number of fused-ring (bicyclic) bond motifs is 4. The Kier molecular flexibility index (Phi) is 3.41. The molecule has 1 unspecified atom stereocenters. The monoisotopic (exact) mass is 334 g/mol. The average Bonchev–Trinajstić information content (AvgIpc) is 3.05. The van der Waals surface area contributed by atoms with Crippen LogP contribution in [-0.2, 0) is 16.3 Å². The summed E-state index contributed by atoms with van der Waals surface area (Å²) in [7, 11) is 0. The second-order valence-electron chi connectivity index (χ2n) is 7.31. The van der Waals surface area contributed by atoms with Crippen LogP contribution >= 0.6 is 28.3 Å². The van der Waals surface area contributed by atoms with Crippen LogP contribution < -0.4 is 0 Å². The highest BCUT2D eigenvalue weighted by Gasteiger charge is 2.51. The summed E-state index contributed by atoms with van der Waals surface area (Å²) >= 11 is 12.7. The van der Waals surface area contributed by atoms with E-state index in [9.17, 15) is 0 Å². The maximum absolute atomic E-state index is 6.54. The lowest BCUT2D eigenvalue weighted by Gasteiger charge is -2.36. The van der Waals surface area contributed by atoms with Crippen molar-refractivity contribution in [3.8, 4) is 0 Å². The van der Waals surface area contributed by atoms with Crippen LogP contribution in [0.3, 0.4) is 0 Å². The first kappa shape index (κ1) is 13.9. The maximum Gasteiger partial charge on any atom is 0.172 e. The minimum absolute atomic E-state index is 0.141. The fourth-order valence-electron chi connectivity index (χ4n) is 5.04. The summed E-state index contributed by atoms with van der Waals surface area (Å²) in [6.45, 7) is 0. The van der Waals surface area contributed by atoms with Gasteiger partial charge < -0.3 is 4.52 Å². The van der Waals surface area contributed by atoms with Crippen molar-refractivity contribution in [2.75, 3.05) is 0 Å². The van der Waals surface area contributed by atoms with E-state index < -0.39 is 4.67 Å². The highest BCUT2D eigenvalue weighted by Crippen LogP contribution is 2.76. The van der Waals surface area contributed by atoms with E-state index in [1.807, 2.05) is 11.4 Å². The highest BCUT2D eigenvalue weighted by molar-refractivity contribution is 8.95. The molecule has 108 valence electrons. The molecule has 4 saturated carbocycles. The van der Waals surface area contributed by atoms with Crippen molar-refractivity contribution in [3.05, 3.63) is 0 Å². The van der Waals surface area contributed by atoms with Gasteiger partial charge in [-0.2, -0.15) is 0 Å². The quantitative estimate of drug-likeness (QED) is 0.533. The first-order chi connectivity index (χ1) is 8.99. The van der Waals surface area contributed by atoms with Crippen LogP contribution in [0.2, 0.25) is 0 Å². The Morgan fingerprint density at radius 1 is 1.00 bits per heavy atom. The summed E-state index contributed by atoms with van der Waals surface area (Å²) in [6, 6.07) is 0. The van der Waals surface area contributed by atoms with Gasteiger partial charge in [0.25, 0.3) is 0 Å². The molecule has 1 atom stereocenters. The molecular weight excluding hydrogens is 311 g/mol. The minimum atomic E-state index is -1.96. The molecule has 0 aromatic rings. The van der Waals surface area contributed by atoms with Gasteiger partial charge in [0.2, 0.25) is 0 Å². The van der Waals surface area contributed by atoms with E-state index in [1.165, 1.54) is 64.2 Å². The van der Waals surface area contributed by atoms with E-state index in [4.69, 9.17) is 28.6 Å². The SMILES string of the molecule is S=P(S)(OC12CCC(CC1)C2)SC12CCC(CC1)C2. The fourth-order valence-corrected chi connectivity index (χ4v) is 13.8. The lowest BCUT2D eigenvalue weighted by atomic mass is 9.98. The topological polar surface area (TPSA) is 9.23 Å². The molecule has 0 amide bonds. The number of thiol groups is 1. The Morgan fingerprint density at radius 2 is 1.58 bits per heavy atom. The van der Waals surface area contributed by atoms with Gasteiger partial charge in [-0.1, -0.05) is 11.4 Å². The molecule has 4 fully saturated rings. The van der Waals surface area contributed by atoms with E-state index in [0.717, 1.165) is 11.8 Å². The molecule has 0 aliphatic heterocycles. The molecule has 19 heavy (non-hydrogen) atoms. The maximum atomic E-state index is 6.54. The van der Waals surface area contributed by atoms with Crippen LogP contribution in [-0.4, -0.2) is 10.3 Å². The summed E-state index contributed by atoms with van der Waals surface area (Å²) < 4.78 is 5.03. The van der Waals surface area contributed by atoms with Crippen molar-refractivity contribution < 1.29 is 4.52 Å². The predicted molar refractivity (Wildman–Crippen MR) is 90.6 cm³/mol. The number of hydrogen-bond donors (Lipinski definition) is 1. The normalized spacial score (nSPS) is 50.8. The van der Waals surface area contributed by atoms with E-state index >= 15 is 0 Å². The Bertz CT molecular complexity index is 386. The molecule has 4 aliphatic carbocycles. The number of hydrogen-bond acceptors (Lipinski definition) is 3. The van der Waals surface area contributed by atoms with Crippen molar-refractivity contribution in [1.29, 1.82) is 0 Å². The fraction of sp³-hybridized carbons (Fsp3) is 1.00. The van der Waals surface area contributed by atoms with Crippen LogP contribution in [0.15, 0.2) is 0 Å². The first-order valence-electron chi connectivity index (χ1n) is 7.73. The molecule has 1 nitrogen and oxygen atoms in total. The zero-order chi connectivity index (χ0) is 13.1. The van der Waals surface area contributed by atoms with Crippen molar-refractivity contribution in [1.82, 2.24) is 0 Å². The standard InChI is InChI=1S/C14H23OPS3/c17-16(18,15-13-5-1-11(9-13)2-6-13)19-14-7-3-12(10-14)4-8-14/h11-12H,1-10H2,(H,17,18). The zero-order valence-electron chi connectivity index (χ0n) is 11.3. The van der Waals surface area contributed by atoms with Crippen LogP contribution in [0.1, 0.15) is 64.2 Å². The third kappa shape index (κ3) is 2.59. The van der Waals surface area contributed by atoms with Crippen LogP contribution in [0.4, 0.5) is 0 Å². The molecule has 4 bridgehead atoms. The molecule has 0 aromatic carbocycles. The Morgan fingerprint density at radius 3 is 2.05 bits per heavy atom. The van der Waals surface area contributed by atoms with E-state index in [-0.39, 0.29) is 5.60 Å². The minimum Gasteiger partial charge on any atom is -0.327 e. The van der Waals surface area contributed by atoms with Gasteiger partial charge in [-0.15, -0.1) is 12.2 Å². The van der Waals surface area contributed by atoms with E-state index in [0.29, 0.717) is 4.75 Å². The zero-order valence-corrected chi connectivity index (χ0v) is 14.8. The number of rotatable bonds is 4. The third-order valence-corrected chi connectivity index (χ3v) is 11.7. The molecule has 0 N–H and O–H groups in total. The van der Waals surface area contributed by atoms with Gasteiger partial charge >= 0.3 is 0 Å². The second kappa shape index (κ2) is 4.65. The summed E-state index contributed by atoms with van der Waals surface area (Å²) in [4.78, 5) is 0. The smallest absolute Gasteiger partial charge is 0.172 e. The highest BCUT2D eigenvalue weighted by atomic mass is 33.2. The Balaban J connectivity index is 1.46. The Hall–Kier alpha value is 1.31. The van der Waals surface area contributed by atoms with Crippen LogP contribution in [0.25, 0.3) is 0 Å². The third-order valence-electron chi connectivity index (χ3n) is 5.97. The van der Waals surface area contributed by atoms with E-state index in [2.05, 4.69) is 0 Å². The second-order valence-corrected chi connectivity index (χ2v) is 17.1. The first-order valence-corrected chi connectivity index (χ1v) is 13.0. The van der Waals surface area contributed by atoms with Gasteiger partial charge in [-0.05, 0) is 87.9 Å². The summed E-state index contributed by atoms with van der Waals surface area (Å²) in [6.07, 6.45) is 13.4. The van der Waals surface area contributed by atoms with Gasteiger partial charge in [-0.25, -0.2) is 0 Å². The van der Waals surface area contributed by atoms with Crippen molar-refractivity contribution in [3.63, 3.8) is 0 Å². The van der Waals surface area contributed by atoms with Crippen LogP contribution in [0.5, 0.6) is 0 Å². The molecule has 0 spiro atoms. The molecule has 5 heteroatoms. The van der Waals surface area contributed by atoms with Gasteiger partial charge in [0, 0.05) is 4.75 Å². The largest absolute Gasteiger partial charge is 0.327 e. The molecule has 0 heterocycles.